The molecule has 128 valence electrons. The summed E-state index contributed by atoms with van der Waals surface area (Å²) < 4.78 is 1.91. The summed E-state index contributed by atoms with van der Waals surface area (Å²) in [6, 6.07) is 9.74. The van der Waals surface area contributed by atoms with Crippen molar-refractivity contribution < 1.29 is 4.79 Å². The number of aryl methyl sites for hydroxylation is 1. The molecule has 1 amide bonds. The first-order valence-corrected chi connectivity index (χ1v) is 8.48. The second-order valence-corrected chi connectivity index (χ2v) is 6.39. The second-order valence-electron chi connectivity index (χ2n) is 6.39. The highest BCUT2D eigenvalue weighted by atomic mass is 16.2. The number of para-hydroxylation sites is 1. The Morgan fingerprint density at radius 2 is 2.04 bits per heavy atom. The number of nitrogens with zero attached hydrogens (tertiary/aromatic N) is 6. The highest BCUT2D eigenvalue weighted by molar-refractivity contribution is 5.92. The predicted octanol–water partition coefficient (Wildman–Crippen LogP) is 2.08. The van der Waals surface area contributed by atoms with Crippen LogP contribution in [0.25, 0.3) is 5.69 Å². The summed E-state index contributed by atoms with van der Waals surface area (Å²) in [5.41, 5.74) is 2.35. The van der Waals surface area contributed by atoms with Crippen molar-refractivity contribution in [1.82, 2.24) is 29.7 Å². The third-order valence-electron chi connectivity index (χ3n) is 4.50. The maximum Gasteiger partial charge on any atom is 0.276 e. The summed E-state index contributed by atoms with van der Waals surface area (Å²) in [6.45, 7) is 3.48. The lowest BCUT2D eigenvalue weighted by Crippen LogP contribution is -2.38. The van der Waals surface area contributed by atoms with Crippen LogP contribution in [0.4, 0.5) is 0 Å². The van der Waals surface area contributed by atoms with Gasteiger partial charge in [0.1, 0.15) is 0 Å². The molecule has 7 nitrogen and oxygen atoms in total. The lowest BCUT2D eigenvalue weighted by molar-refractivity contribution is 0.0715. The fraction of sp³-hybridized carbons (Fsp3) is 0.333. The molecule has 4 rings (SSSR count). The van der Waals surface area contributed by atoms with E-state index in [1.165, 1.54) is 4.80 Å². The molecule has 1 aromatic carbocycles. The van der Waals surface area contributed by atoms with E-state index in [-0.39, 0.29) is 11.9 Å². The number of likely N-dealkylation sites (tertiary alicyclic amines) is 1. The van der Waals surface area contributed by atoms with Crippen molar-refractivity contribution in [3.63, 3.8) is 0 Å². The van der Waals surface area contributed by atoms with Crippen LogP contribution in [0, 0.1) is 6.92 Å². The van der Waals surface area contributed by atoms with Crippen LogP contribution in [0.5, 0.6) is 0 Å². The van der Waals surface area contributed by atoms with Crippen LogP contribution in [0.1, 0.15) is 28.9 Å². The highest BCUT2D eigenvalue weighted by Gasteiger charge is 2.31. The Balaban J connectivity index is 1.51. The number of benzene rings is 1. The zero-order valence-corrected chi connectivity index (χ0v) is 14.1. The predicted molar refractivity (Wildman–Crippen MR) is 92.4 cm³/mol. The van der Waals surface area contributed by atoms with Crippen LogP contribution in [0.3, 0.4) is 0 Å². The topological polar surface area (TPSA) is 68.8 Å². The lowest BCUT2D eigenvalue weighted by atomic mass is 10.2. The fourth-order valence-electron chi connectivity index (χ4n) is 3.27. The molecular weight excluding hydrogens is 316 g/mol. The van der Waals surface area contributed by atoms with Crippen LogP contribution < -0.4 is 0 Å². The van der Waals surface area contributed by atoms with Crippen LogP contribution in [-0.2, 0) is 6.54 Å². The van der Waals surface area contributed by atoms with Crippen molar-refractivity contribution in [2.75, 3.05) is 6.54 Å². The van der Waals surface area contributed by atoms with Crippen LogP contribution in [0.2, 0.25) is 0 Å². The van der Waals surface area contributed by atoms with Gasteiger partial charge in [-0.05, 0) is 37.5 Å². The number of hydrogen-bond acceptors (Lipinski definition) is 4. The van der Waals surface area contributed by atoms with E-state index in [0.29, 0.717) is 12.2 Å². The van der Waals surface area contributed by atoms with E-state index >= 15 is 0 Å². The van der Waals surface area contributed by atoms with E-state index in [0.717, 1.165) is 30.6 Å². The molecule has 1 aliphatic heterocycles. The number of hydrogen-bond donors (Lipinski definition) is 0. The Bertz CT molecular complexity index is 869. The molecule has 3 heterocycles. The number of rotatable bonds is 4. The van der Waals surface area contributed by atoms with Gasteiger partial charge in [0.2, 0.25) is 0 Å². The molecule has 0 N–H and O–H groups in total. The molecule has 0 aliphatic carbocycles. The van der Waals surface area contributed by atoms with E-state index < -0.39 is 0 Å². The molecule has 7 heteroatoms. The average Bonchev–Trinajstić information content (AvgIpc) is 3.37. The van der Waals surface area contributed by atoms with Gasteiger partial charge in [-0.25, -0.2) is 0 Å². The zero-order chi connectivity index (χ0) is 17.2. The minimum Gasteiger partial charge on any atom is -0.332 e. The molecule has 1 saturated heterocycles. The number of aromatic nitrogens is 5. The average molecular weight is 336 g/mol. The van der Waals surface area contributed by atoms with Gasteiger partial charge in [-0.1, -0.05) is 18.2 Å². The Morgan fingerprint density at radius 1 is 1.20 bits per heavy atom. The van der Waals surface area contributed by atoms with Gasteiger partial charge in [-0.3, -0.25) is 9.48 Å². The Kier molecular flexibility index (Phi) is 4.05. The van der Waals surface area contributed by atoms with E-state index in [1.54, 1.807) is 6.20 Å². The van der Waals surface area contributed by atoms with Gasteiger partial charge in [-0.15, -0.1) is 5.10 Å². The van der Waals surface area contributed by atoms with E-state index in [2.05, 4.69) is 15.3 Å². The quantitative estimate of drug-likeness (QED) is 0.731. The molecular formula is C18H20N6O. The summed E-state index contributed by atoms with van der Waals surface area (Å²) in [5, 5.41) is 12.9. The molecule has 0 spiro atoms. The Morgan fingerprint density at radius 3 is 2.80 bits per heavy atom. The van der Waals surface area contributed by atoms with Crippen LogP contribution in [-0.4, -0.2) is 48.2 Å². The van der Waals surface area contributed by atoms with Gasteiger partial charge in [0.25, 0.3) is 5.91 Å². The molecule has 25 heavy (non-hydrogen) atoms. The Hall–Kier alpha value is -2.96. The summed E-state index contributed by atoms with van der Waals surface area (Å²) in [6.07, 6.45) is 7.38. The largest absolute Gasteiger partial charge is 0.332 e. The van der Waals surface area contributed by atoms with Crippen LogP contribution >= 0.6 is 0 Å². The molecule has 0 bridgehead atoms. The first-order chi connectivity index (χ1) is 12.2. The van der Waals surface area contributed by atoms with Crippen molar-refractivity contribution in [1.29, 1.82) is 0 Å². The third kappa shape index (κ3) is 3.17. The SMILES string of the molecule is Cc1cnn(C[C@H]2CCCN2C(=O)c2cnn(-c3ccccc3)n2)c1. The van der Waals surface area contributed by atoms with Crippen molar-refractivity contribution in [3.8, 4) is 5.69 Å². The van der Waals surface area contributed by atoms with E-state index in [1.807, 2.05) is 59.2 Å². The maximum atomic E-state index is 12.9. The Labute approximate surface area is 145 Å². The minimum atomic E-state index is -0.0615. The van der Waals surface area contributed by atoms with Crippen molar-refractivity contribution >= 4 is 5.91 Å². The minimum absolute atomic E-state index is 0.0615. The number of carbonyl (C=O) groups is 1. The number of carbonyl (C=O) groups excluding carboxylic acids is 1. The molecule has 1 fully saturated rings. The zero-order valence-electron chi connectivity index (χ0n) is 14.1. The van der Waals surface area contributed by atoms with Crippen molar-refractivity contribution in [3.05, 3.63) is 60.2 Å². The van der Waals surface area contributed by atoms with Gasteiger partial charge in [0, 0.05) is 12.7 Å². The lowest BCUT2D eigenvalue weighted by Gasteiger charge is -2.23. The molecule has 0 unspecified atom stereocenters. The molecule has 1 atom stereocenters. The standard InChI is InChI=1S/C18H20N6O/c1-14-10-19-22(12-14)13-16-8-5-9-23(16)18(25)17-11-20-24(21-17)15-6-3-2-4-7-15/h2-4,6-7,10-12,16H,5,8-9,13H2,1H3/t16-/m1/s1. The first kappa shape index (κ1) is 15.6. The monoisotopic (exact) mass is 336 g/mol. The molecule has 1 aliphatic rings. The normalized spacial score (nSPS) is 17.2. The smallest absolute Gasteiger partial charge is 0.276 e. The first-order valence-electron chi connectivity index (χ1n) is 8.48. The molecule has 0 radical (unpaired) electrons. The van der Waals surface area contributed by atoms with Gasteiger partial charge >= 0.3 is 0 Å². The van der Waals surface area contributed by atoms with E-state index in [4.69, 9.17) is 0 Å². The van der Waals surface area contributed by atoms with Gasteiger partial charge in [-0.2, -0.15) is 15.0 Å². The fourth-order valence-corrected chi connectivity index (χ4v) is 3.27. The highest BCUT2D eigenvalue weighted by Crippen LogP contribution is 2.21. The van der Waals surface area contributed by atoms with Crippen LogP contribution in [0.15, 0.2) is 48.9 Å². The van der Waals surface area contributed by atoms with Crippen molar-refractivity contribution in [2.45, 2.75) is 32.4 Å². The third-order valence-corrected chi connectivity index (χ3v) is 4.50. The molecule has 2 aromatic heterocycles. The molecule has 0 saturated carbocycles. The second kappa shape index (κ2) is 6.51. The summed E-state index contributed by atoms with van der Waals surface area (Å²) in [4.78, 5) is 16.3. The van der Waals surface area contributed by atoms with Gasteiger partial charge < -0.3 is 4.90 Å². The van der Waals surface area contributed by atoms with Gasteiger partial charge in [0.05, 0.1) is 30.7 Å². The summed E-state index contributed by atoms with van der Waals surface area (Å²) in [7, 11) is 0. The summed E-state index contributed by atoms with van der Waals surface area (Å²) in [5.74, 6) is -0.0615. The molecule has 3 aromatic rings. The maximum absolute atomic E-state index is 12.9. The van der Waals surface area contributed by atoms with Crippen molar-refractivity contribution in [2.24, 2.45) is 0 Å². The number of amides is 1. The summed E-state index contributed by atoms with van der Waals surface area (Å²) >= 11 is 0. The van der Waals surface area contributed by atoms with Gasteiger partial charge in [0.15, 0.2) is 5.69 Å². The van der Waals surface area contributed by atoms with E-state index in [9.17, 15) is 4.79 Å².